The molecule has 4 unspecified atom stereocenters. The number of hydrogen-bond acceptors (Lipinski definition) is 4. The Morgan fingerprint density at radius 2 is 1.11 bits per heavy atom. The molecule has 4 bridgehead atoms. The largest absolute Gasteiger partial charge is 0.496 e. The molecule has 4 aliphatic carbocycles. The molecule has 146 valence electrons. The molecule has 0 N–H and O–H groups in total. The Hall–Kier alpha value is -2.36. The number of ether oxygens (including phenoxy) is 2. The fourth-order valence-corrected chi connectivity index (χ4v) is 5.76. The second kappa shape index (κ2) is 6.61. The van der Waals surface area contributed by atoms with Gasteiger partial charge in [-0.2, -0.15) is 0 Å². The maximum atomic E-state index is 12.5. The van der Waals surface area contributed by atoms with Crippen molar-refractivity contribution >= 4 is 23.7 Å². The monoisotopic (exact) mass is 378 g/mol. The second-order valence-corrected chi connectivity index (χ2v) is 8.68. The van der Waals surface area contributed by atoms with Gasteiger partial charge in [0.2, 0.25) is 0 Å². The lowest BCUT2D eigenvalue weighted by atomic mass is 9.90. The predicted octanol–water partition coefficient (Wildman–Crippen LogP) is 4.47. The van der Waals surface area contributed by atoms with Crippen molar-refractivity contribution < 1.29 is 19.1 Å². The summed E-state index contributed by atoms with van der Waals surface area (Å²) in [5.74, 6) is 3.25. The third-order valence-electron chi connectivity index (χ3n) is 7.26. The van der Waals surface area contributed by atoms with E-state index in [1.165, 1.54) is 0 Å². The highest BCUT2D eigenvalue weighted by molar-refractivity contribution is 6.06. The zero-order chi connectivity index (χ0) is 19.4. The maximum absolute atomic E-state index is 12.5. The van der Waals surface area contributed by atoms with Gasteiger partial charge in [0.15, 0.2) is 11.6 Å². The topological polar surface area (TPSA) is 52.6 Å². The van der Waals surface area contributed by atoms with Crippen LogP contribution in [-0.4, -0.2) is 25.8 Å². The molecule has 4 saturated carbocycles. The van der Waals surface area contributed by atoms with E-state index in [0.717, 1.165) is 60.8 Å². The number of fused-ring (bicyclic) bond motifs is 4. The molecule has 0 aliphatic heterocycles. The average molecular weight is 378 g/mol. The van der Waals surface area contributed by atoms with Crippen LogP contribution in [0.2, 0.25) is 0 Å². The molecule has 4 nitrogen and oxygen atoms in total. The van der Waals surface area contributed by atoms with Crippen LogP contribution in [0.5, 0.6) is 11.5 Å². The number of carbonyl (C=O) groups is 2. The smallest absolute Gasteiger partial charge is 0.162 e. The summed E-state index contributed by atoms with van der Waals surface area (Å²) in [6.45, 7) is 0. The highest BCUT2D eigenvalue weighted by Gasteiger charge is 2.43. The Morgan fingerprint density at radius 3 is 1.43 bits per heavy atom. The molecule has 4 atom stereocenters. The summed E-state index contributed by atoms with van der Waals surface area (Å²) >= 11 is 0. The van der Waals surface area contributed by atoms with Crippen LogP contribution in [0.4, 0.5) is 0 Å². The predicted molar refractivity (Wildman–Crippen MR) is 107 cm³/mol. The molecule has 0 spiro atoms. The van der Waals surface area contributed by atoms with E-state index in [9.17, 15) is 9.59 Å². The van der Waals surface area contributed by atoms with Crippen molar-refractivity contribution in [2.75, 3.05) is 14.2 Å². The number of allylic oxidation sites excluding steroid dienone is 2. The molecule has 0 saturated heterocycles. The number of benzene rings is 1. The van der Waals surface area contributed by atoms with E-state index in [1.807, 2.05) is 24.3 Å². The zero-order valence-electron chi connectivity index (χ0n) is 16.5. The number of hydrogen-bond donors (Lipinski definition) is 0. The molecular weight excluding hydrogens is 352 g/mol. The van der Waals surface area contributed by atoms with Crippen molar-refractivity contribution in [3.8, 4) is 11.5 Å². The molecule has 5 rings (SSSR count). The normalized spacial score (nSPS) is 33.5. The van der Waals surface area contributed by atoms with Gasteiger partial charge in [0, 0.05) is 23.0 Å². The number of ketones is 2. The van der Waals surface area contributed by atoms with E-state index in [1.54, 1.807) is 14.2 Å². The molecule has 4 aliphatic rings. The highest BCUT2D eigenvalue weighted by atomic mass is 16.5. The van der Waals surface area contributed by atoms with Crippen LogP contribution in [0.25, 0.3) is 12.2 Å². The van der Waals surface area contributed by atoms with Crippen molar-refractivity contribution in [2.24, 2.45) is 23.7 Å². The Labute approximate surface area is 165 Å². The average Bonchev–Trinajstić information content (AvgIpc) is 3.47. The molecule has 0 heterocycles. The Balaban J connectivity index is 1.54. The summed E-state index contributed by atoms with van der Waals surface area (Å²) < 4.78 is 11.3. The zero-order valence-corrected chi connectivity index (χ0v) is 16.5. The molecule has 1 aromatic rings. The minimum Gasteiger partial charge on any atom is -0.496 e. The third kappa shape index (κ3) is 2.65. The van der Waals surface area contributed by atoms with Gasteiger partial charge >= 0.3 is 0 Å². The Morgan fingerprint density at radius 1 is 0.714 bits per heavy atom. The van der Waals surface area contributed by atoms with Gasteiger partial charge in [-0.25, -0.2) is 0 Å². The van der Waals surface area contributed by atoms with Crippen LogP contribution in [0.15, 0.2) is 23.3 Å². The van der Waals surface area contributed by atoms with Crippen LogP contribution >= 0.6 is 0 Å². The first-order valence-corrected chi connectivity index (χ1v) is 10.4. The summed E-state index contributed by atoms with van der Waals surface area (Å²) in [7, 11) is 3.29. The van der Waals surface area contributed by atoms with Gasteiger partial charge < -0.3 is 9.47 Å². The van der Waals surface area contributed by atoms with Crippen LogP contribution in [-0.2, 0) is 9.59 Å². The summed E-state index contributed by atoms with van der Waals surface area (Å²) in [5.41, 5.74) is 3.62. The van der Waals surface area contributed by atoms with Crippen molar-refractivity contribution in [3.63, 3.8) is 0 Å². The SMILES string of the molecule is COc1cc(/C=C2/C(=O)C3CCC2C3)c(OC)cc1/C=C1/C(=O)C2CCC1C2. The van der Waals surface area contributed by atoms with E-state index in [2.05, 4.69) is 0 Å². The maximum Gasteiger partial charge on any atom is 0.162 e. The summed E-state index contributed by atoms with van der Waals surface area (Å²) in [4.78, 5) is 25.1. The highest BCUT2D eigenvalue weighted by Crippen LogP contribution is 2.48. The van der Waals surface area contributed by atoms with E-state index in [-0.39, 0.29) is 11.8 Å². The Bertz CT molecular complexity index is 847. The molecule has 4 fully saturated rings. The van der Waals surface area contributed by atoms with Gasteiger partial charge in [-0.15, -0.1) is 0 Å². The minimum atomic E-state index is 0.219. The molecule has 0 radical (unpaired) electrons. The van der Waals surface area contributed by atoms with E-state index in [0.29, 0.717) is 34.9 Å². The molecule has 0 amide bonds. The molecular formula is C24H26O4. The number of methoxy groups -OCH3 is 2. The van der Waals surface area contributed by atoms with Gasteiger partial charge in [-0.1, -0.05) is 0 Å². The first kappa shape index (κ1) is 17.7. The lowest BCUT2D eigenvalue weighted by Crippen LogP contribution is -2.12. The quantitative estimate of drug-likeness (QED) is 0.726. The lowest BCUT2D eigenvalue weighted by Gasteiger charge is -2.16. The van der Waals surface area contributed by atoms with Gasteiger partial charge in [-0.3, -0.25) is 9.59 Å². The molecule has 4 heteroatoms. The van der Waals surface area contributed by atoms with Gasteiger partial charge in [0.05, 0.1) is 14.2 Å². The van der Waals surface area contributed by atoms with E-state index in [4.69, 9.17) is 9.47 Å². The van der Waals surface area contributed by atoms with Crippen LogP contribution in [0.1, 0.15) is 49.7 Å². The lowest BCUT2D eigenvalue weighted by molar-refractivity contribution is -0.119. The molecule has 0 aromatic heterocycles. The van der Waals surface area contributed by atoms with Crippen molar-refractivity contribution in [1.82, 2.24) is 0 Å². The van der Waals surface area contributed by atoms with Gasteiger partial charge in [0.1, 0.15) is 11.5 Å². The second-order valence-electron chi connectivity index (χ2n) is 8.68. The van der Waals surface area contributed by atoms with E-state index >= 15 is 0 Å². The summed E-state index contributed by atoms with van der Waals surface area (Å²) in [5, 5.41) is 0. The number of Topliss-reactive ketones (excluding diaryl/α,β-unsaturated/α-hetero) is 2. The van der Waals surface area contributed by atoms with Crippen LogP contribution in [0, 0.1) is 23.7 Å². The van der Waals surface area contributed by atoms with Crippen LogP contribution in [0.3, 0.4) is 0 Å². The van der Waals surface area contributed by atoms with Crippen molar-refractivity contribution in [3.05, 3.63) is 34.4 Å². The number of carbonyl (C=O) groups excluding carboxylic acids is 2. The first-order valence-electron chi connectivity index (χ1n) is 10.4. The minimum absolute atomic E-state index is 0.219. The van der Waals surface area contributed by atoms with Gasteiger partial charge in [-0.05, 0) is 85.8 Å². The van der Waals surface area contributed by atoms with Crippen LogP contribution < -0.4 is 9.47 Å². The first-order chi connectivity index (χ1) is 13.6. The van der Waals surface area contributed by atoms with Crippen molar-refractivity contribution in [1.29, 1.82) is 0 Å². The van der Waals surface area contributed by atoms with E-state index < -0.39 is 0 Å². The fourth-order valence-electron chi connectivity index (χ4n) is 5.76. The number of rotatable bonds is 4. The summed E-state index contributed by atoms with van der Waals surface area (Å²) in [6, 6.07) is 3.88. The van der Waals surface area contributed by atoms with Crippen molar-refractivity contribution in [2.45, 2.75) is 38.5 Å². The molecule has 28 heavy (non-hydrogen) atoms. The molecule has 1 aromatic carbocycles. The fraction of sp³-hybridized carbons (Fsp3) is 0.500. The third-order valence-corrected chi connectivity index (χ3v) is 7.26. The van der Waals surface area contributed by atoms with Gasteiger partial charge in [0.25, 0.3) is 0 Å². The summed E-state index contributed by atoms with van der Waals surface area (Å²) in [6.07, 6.45) is 10.3. The Kier molecular flexibility index (Phi) is 4.18. The standard InChI is InChI=1S/C24H26O4/c1-27-21-11-18(10-20-14-4-6-16(8-14)24(20)26)22(28-2)12-17(21)9-19-13-3-5-15(7-13)23(19)25/h9-16H,3-8H2,1-2H3/b19-9+,20-10+.